The molecule has 0 saturated carbocycles. The SMILES string of the molecule is COc1ccc(-n2ccc(CNC(=O)CCc3nc4ccccc4n3-c3ccccc3)n2)cc1. The van der Waals surface area contributed by atoms with Crippen LogP contribution in [0.15, 0.2) is 91.1 Å². The van der Waals surface area contributed by atoms with Gasteiger partial charge in [0.2, 0.25) is 5.91 Å². The Morgan fingerprint density at radius 3 is 2.47 bits per heavy atom. The molecule has 7 heteroatoms. The van der Waals surface area contributed by atoms with Crippen molar-refractivity contribution >= 4 is 16.9 Å². The van der Waals surface area contributed by atoms with E-state index in [1.54, 1.807) is 11.8 Å². The molecule has 2 heterocycles. The monoisotopic (exact) mass is 451 g/mol. The van der Waals surface area contributed by atoms with E-state index in [2.05, 4.69) is 33.2 Å². The highest BCUT2D eigenvalue weighted by molar-refractivity contribution is 5.79. The van der Waals surface area contributed by atoms with Crippen LogP contribution in [0.3, 0.4) is 0 Å². The number of rotatable bonds is 8. The molecule has 7 nitrogen and oxygen atoms in total. The standard InChI is InChI=1S/C27H25N5O2/c1-34-23-13-11-21(12-14-23)31-18-17-20(30-31)19-28-27(33)16-15-26-29-24-9-5-6-10-25(24)32(26)22-7-3-2-4-8-22/h2-14,17-18H,15-16,19H2,1H3,(H,28,33). The molecule has 0 bridgehead atoms. The average molecular weight is 452 g/mol. The Labute approximate surface area is 197 Å². The molecule has 34 heavy (non-hydrogen) atoms. The second-order valence-electron chi connectivity index (χ2n) is 7.91. The van der Waals surface area contributed by atoms with Crippen LogP contribution in [0.2, 0.25) is 0 Å². The maximum atomic E-state index is 12.6. The molecule has 170 valence electrons. The maximum absolute atomic E-state index is 12.6. The molecule has 0 aliphatic carbocycles. The Hall–Kier alpha value is -4.39. The van der Waals surface area contributed by atoms with Crippen molar-refractivity contribution < 1.29 is 9.53 Å². The van der Waals surface area contributed by atoms with E-state index in [-0.39, 0.29) is 5.91 Å². The smallest absolute Gasteiger partial charge is 0.220 e. The Morgan fingerprint density at radius 2 is 1.68 bits per heavy atom. The molecule has 0 atom stereocenters. The molecule has 3 aromatic carbocycles. The van der Waals surface area contributed by atoms with Crippen molar-refractivity contribution in [3.8, 4) is 17.1 Å². The van der Waals surface area contributed by atoms with Crippen LogP contribution < -0.4 is 10.1 Å². The summed E-state index contributed by atoms with van der Waals surface area (Å²) in [6, 6.07) is 27.7. The average Bonchev–Trinajstić information content (AvgIpc) is 3.51. The van der Waals surface area contributed by atoms with Crippen molar-refractivity contribution in [2.45, 2.75) is 19.4 Å². The Bertz CT molecular complexity index is 1400. The van der Waals surface area contributed by atoms with Crippen LogP contribution in [-0.2, 0) is 17.8 Å². The van der Waals surface area contributed by atoms with Crippen molar-refractivity contribution in [3.63, 3.8) is 0 Å². The molecule has 0 fully saturated rings. The fourth-order valence-electron chi connectivity index (χ4n) is 3.95. The van der Waals surface area contributed by atoms with E-state index < -0.39 is 0 Å². The summed E-state index contributed by atoms with van der Waals surface area (Å²) in [6.07, 6.45) is 2.76. The van der Waals surface area contributed by atoms with E-state index in [4.69, 9.17) is 9.72 Å². The number of imidazole rings is 1. The third-order valence-corrected chi connectivity index (χ3v) is 5.67. The van der Waals surface area contributed by atoms with E-state index in [0.29, 0.717) is 19.4 Å². The predicted octanol–water partition coefficient (Wildman–Crippen LogP) is 4.47. The normalized spacial score (nSPS) is 11.0. The molecule has 0 radical (unpaired) electrons. The van der Waals surface area contributed by atoms with Gasteiger partial charge in [0.25, 0.3) is 0 Å². The van der Waals surface area contributed by atoms with Gasteiger partial charge in [0.15, 0.2) is 0 Å². The van der Waals surface area contributed by atoms with E-state index in [1.165, 1.54) is 0 Å². The molecule has 0 spiro atoms. The molecule has 0 saturated heterocycles. The van der Waals surface area contributed by atoms with E-state index in [1.807, 2.05) is 72.9 Å². The minimum atomic E-state index is -0.0364. The third kappa shape index (κ3) is 4.54. The molecule has 2 aromatic heterocycles. The summed E-state index contributed by atoms with van der Waals surface area (Å²) >= 11 is 0. The lowest BCUT2D eigenvalue weighted by atomic mass is 10.2. The number of nitrogens with zero attached hydrogens (tertiary/aromatic N) is 4. The number of benzene rings is 3. The highest BCUT2D eigenvalue weighted by atomic mass is 16.5. The van der Waals surface area contributed by atoms with Crippen molar-refractivity contribution in [2.75, 3.05) is 7.11 Å². The van der Waals surface area contributed by atoms with Crippen LogP contribution in [0.5, 0.6) is 5.75 Å². The number of hydrogen-bond acceptors (Lipinski definition) is 4. The van der Waals surface area contributed by atoms with E-state index >= 15 is 0 Å². The number of hydrogen-bond donors (Lipinski definition) is 1. The first-order chi connectivity index (χ1) is 16.7. The van der Waals surface area contributed by atoms with Gasteiger partial charge in [-0.05, 0) is 54.6 Å². The number of aryl methyl sites for hydroxylation is 1. The van der Waals surface area contributed by atoms with Crippen LogP contribution in [0, 0.1) is 0 Å². The van der Waals surface area contributed by atoms with Crippen molar-refractivity contribution in [1.82, 2.24) is 24.6 Å². The fourth-order valence-corrected chi connectivity index (χ4v) is 3.95. The topological polar surface area (TPSA) is 74.0 Å². The van der Waals surface area contributed by atoms with E-state index in [0.717, 1.165) is 39.7 Å². The van der Waals surface area contributed by atoms with Gasteiger partial charge in [-0.1, -0.05) is 30.3 Å². The molecule has 1 N–H and O–H groups in total. The first kappa shape index (κ1) is 21.5. The van der Waals surface area contributed by atoms with Gasteiger partial charge in [0.1, 0.15) is 11.6 Å². The minimum Gasteiger partial charge on any atom is -0.497 e. The molecule has 5 aromatic rings. The molecular formula is C27H25N5O2. The van der Waals surface area contributed by atoms with Crippen LogP contribution in [-0.4, -0.2) is 32.3 Å². The Morgan fingerprint density at radius 1 is 0.912 bits per heavy atom. The number of para-hydroxylation sites is 3. The number of carbonyl (C=O) groups is 1. The third-order valence-electron chi connectivity index (χ3n) is 5.67. The van der Waals surface area contributed by atoms with E-state index in [9.17, 15) is 4.79 Å². The molecular weight excluding hydrogens is 426 g/mol. The van der Waals surface area contributed by atoms with Gasteiger partial charge in [0, 0.05) is 24.7 Å². The summed E-state index contributed by atoms with van der Waals surface area (Å²) in [5, 5.41) is 7.53. The zero-order valence-electron chi connectivity index (χ0n) is 18.9. The largest absolute Gasteiger partial charge is 0.497 e. The van der Waals surface area contributed by atoms with Crippen molar-refractivity contribution in [1.29, 1.82) is 0 Å². The van der Waals surface area contributed by atoms with Gasteiger partial charge in [-0.3, -0.25) is 9.36 Å². The van der Waals surface area contributed by atoms with Gasteiger partial charge < -0.3 is 10.1 Å². The summed E-state index contributed by atoms with van der Waals surface area (Å²) in [7, 11) is 1.64. The van der Waals surface area contributed by atoms with Crippen LogP contribution in [0.25, 0.3) is 22.4 Å². The zero-order valence-corrected chi connectivity index (χ0v) is 18.9. The highest BCUT2D eigenvalue weighted by Gasteiger charge is 2.14. The molecule has 0 unspecified atom stereocenters. The highest BCUT2D eigenvalue weighted by Crippen LogP contribution is 2.22. The predicted molar refractivity (Wildman–Crippen MR) is 131 cm³/mol. The molecule has 5 rings (SSSR count). The van der Waals surface area contributed by atoms with Crippen molar-refractivity contribution in [2.24, 2.45) is 0 Å². The summed E-state index contributed by atoms with van der Waals surface area (Å²) in [4.78, 5) is 17.4. The number of carbonyl (C=O) groups excluding carboxylic acids is 1. The quantitative estimate of drug-likeness (QED) is 0.378. The first-order valence-corrected chi connectivity index (χ1v) is 11.2. The summed E-state index contributed by atoms with van der Waals surface area (Å²) < 4.78 is 9.10. The zero-order chi connectivity index (χ0) is 23.3. The second-order valence-corrected chi connectivity index (χ2v) is 7.91. The minimum absolute atomic E-state index is 0.0364. The van der Waals surface area contributed by atoms with Gasteiger partial charge in [-0.2, -0.15) is 5.10 Å². The molecule has 0 aliphatic heterocycles. The number of nitrogens with one attached hydrogen (secondary N) is 1. The second kappa shape index (κ2) is 9.62. The number of amides is 1. The van der Waals surface area contributed by atoms with Gasteiger partial charge >= 0.3 is 0 Å². The summed E-state index contributed by atoms with van der Waals surface area (Å²) in [5.74, 6) is 1.63. The Balaban J connectivity index is 1.23. The lowest BCUT2D eigenvalue weighted by molar-refractivity contribution is -0.121. The lowest BCUT2D eigenvalue weighted by Crippen LogP contribution is -2.23. The lowest BCUT2D eigenvalue weighted by Gasteiger charge is -2.09. The van der Waals surface area contributed by atoms with Gasteiger partial charge in [-0.15, -0.1) is 0 Å². The molecule has 0 aliphatic rings. The molecule has 1 amide bonds. The number of ether oxygens (including phenoxy) is 1. The Kier molecular flexibility index (Phi) is 6.07. The van der Waals surface area contributed by atoms with Gasteiger partial charge in [0.05, 0.1) is 36.1 Å². The maximum Gasteiger partial charge on any atom is 0.220 e. The van der Waals surface area contributed by atoms with Crippen LogP contribution >= 0.6 is 0 Å². The summed E-state index contributed by atoms with van der Waals surface area (Å²) in [5.41, 5.74) is 4.72. The summed E-state index contributed by atoms with van der Waals surface area (Å²) in [6.45, 7) is 0.372. The van der Waals surface area contributed by atoms with Crippen molar-refractivity contribution in [3.05, 3.63) is 103 Å². The van der Waals surface area contributed by atoms with Gasteiger partial charge in [-0.25, -0.2) is 9.67 Å². The van der Waals surface area contributed by atoms with Crippen LogP contribution in [0.4, 0.5) is 0 Å². The first-order valence-electron chi connectivity index (χ1n) is 11.2. The number of aromatic nitrogens is 4. The number of fused-ring (bicyclic) bond motifs is 1. The fraction of sp³-hybridized carbons (Fsp3) is 0.148. The number of methoxy groups -OCH3 is 1. The van der Waals surface area contributed by atoms with Crippen LogP contribution in [0.1, 0.15) is 17.9 Å².